The average molecular weight is 282 g/mol. The van der Waals surface area contributed by atoms with Crippen LogP contribution in [0, 0.1) is 16.2 Å². The number of isothiocyanates is 3. The van der Waals surface area contributed by atoms with E-state index in [2.05, 4.69) is 46.9 Å². The van der Waals surface area contributed by atoms with Gasteiger partial charge in [0.2, 0.25) is 0 Å². The SMILES string of the molecule is N=C=S.N=C=S.N=C=S.[Si]c1ccccc1. The Morgan fingerprint density at radius 1 is 0.812 bits per heavy atom. The summed E-state index contributed by atoms with van der Waals surface area (Å²) in [6.45, 7) is 0. The van der Waals surface area contributed by atoms with Crippen molar-refractivity contribution < 1.29 is 0 Å². The maximum Gasteiger partial charge on any atom is 0.0711 e. The molecule has 0 aliphatic heterocycles. The smallest absolute Gasteiger partial charge is 0.0711 e. The van der Waals surface area contributed by atoms with Crippen molar-refractivity contribution in [2.75, 3.05) is 0 Å². The largest absolute Gasteiger partial charge is 0.248 e. The van der Waals surface area contributed by atoms with Crippen molar-refractivity contribution in [1.29, 1.82) is 16.2 Å². The molecule has 0 aromatic heterocycles. The van der Waals surface area contributed by atoms with E-state index >= 15 is 0 Å². The molecule has 3 radical (unpaired) electrons. The number of hydrogen-bond donors (Lipinski definition) is 3. The summed E-state index contributed by atoms with van der Waals surface area (Å²) in [6, 6.07) is 9.96. The first-order valence-electron chi connectivity index (χ1n) is 3.52. The summed E-state index contributed by atoms with van der Waals surface area (Å²) in [4.78, 5) is 0. The van der Waals surface area contributed by atoms with Gasteiger partial charge in [0.15, 0.2) is 0 Å². The summed E-state index contributed by atoms with van der Waals surface area (Å²) in [5, 5.41) is 23.2. The number of rotatable bonds is 0. The Hall–Kier alpha value is -1.16. The molecule has 1 aromatic carbocycles. The summed E-state index contributed by atoms with van der Waals surface area (Å²) in [5.41, 5.74) is 0. The van der Waals surface area contributed by atoms with E-state index in [1.165, 1.54) is 0 Å². The standard InChI is InChI=1S/C6H5Si.3CHNS/c7-6-4-2-1-3-5-6;3*2-1-3/h1-5H;3*2H. The number of benzene rings is 1. The van der Waals surface area contributed by atoms with Gasteiger partial charge >= 0.3 is 0 Å². The molecule has 0 aliphatic carbocycles. The second-order valence-corrected chi connectivity index (χ2v) is 2.86. The lowest BCUT2D eigenvalue weighted by Gasteiger charge is -1.82. The Bertz CT molecular complexity index is 321. The van der Waals surface area contributed by atoms with Crippen molar-refractivity contribution in [1.82, 2.24) is 0 Å². The summed E-state index contributed by atoms with van der Waals surface area (Å²) in [5.74, 6) is 0. The minimum Gasteiger partial charge on any atom is -0.248 e. The van der Waals surface area contributed by atoms with Crippen molar-refractivity contribution in [3.05, 3.63) is 30.3 Å². The Morgan fingerprint density at radius 2 is 1.06 bits per heavy atom. The second-order valence-electron chi connectivity index (χ2n) is 1.67. The van der Waals surface area contributed by atoms with Crippen LogP contribution in [-0.2, 0) is 0 Å². The fourth-order valence-electron chi connectivity index (χ4n) is 0.438. The van der Waals surface area contributed by atoms with Gasteiger partial charge in [0.1, 0.15) is 0 Å². The van der Waals surface area contributed by atoms with E-state index in [0.29, 0.717) is 0 Å². The van der Waals surface area contributed by atoms with Gasteiger partial charge in [-0.25, -0.2) is 16.2 Å². The van der Waals surface area contributed by atoms with Crippen LogP contribution in [0.15, 0.2) is 30.3 Å². The van der Waals surface area contributed by atoms with Gasteiger partial charge in [-0.2, -0.15) is 0 Å². The van der Waals surface area contributed by atoms with Crippen LogP contribution in [-0.4, -0.2) is 25.7 Å². The predicted molar refractivity (Wildman–Crippen MR) is 77.8 cm³/mol. The number of nitrogens with one attached hydrogen (secondary N) is 3. The highest BCUT2D eigenvalue weighted by molar-refractivity contribution is 7.78. The van der Waals surface area contributed by atoms with Gasteiger partial charge in [-0.3, -0.25) is 0 Å². The lowest BCUT2D eigenvalue weighted by molar-refractivity contribution is 1.61. The van der Waals surface area contributed by atoms with Crippen LogP contribution >= 0.6 is 36.7 Å². The maximum atomic E-state index is 5.77. The van der Waals surface area contributed by atoms with Crippen molar-refractivity contribution in [3.8, 4) is 0 Å². The molecule has 1 rings (SSSR count). The third-order valence-corrected chi connectivity index (χ3v) is 1.11. The lowest BCUT2D eigenvalue weighted by Crippen LogP contribution is -1.97. The third-order valence-electron chi connectivity index (χ3n) is 0.774. The topological polar surface area (TPSA) is 71.6 Å². The molecule has 3 N–H and O–H groups in total. The molecule has 81 valence electrons. The summed E-state index contributed by atoms with van der Waals surface area (Å²) in [7, 11) is 3.36. The molecule has 0 aliphatic rings. The highest BCUT2D eigenvalue weighted by Gasteiger charge is 1.72. The molecule has 0 atom stereocenters. The van der Waals surface area contributed by atoms with E-state index in [4.69, 9.17) is 16.2 Å². The van der Waals surface area contributed by atoms with Crippen LogP contribution in [0.2, 0.25) is 0 Å². The zero-order chi connectivity index (χ0) is 13.2. The van der Waals surface area contributed by atoms with Crippen LogP contribution in [0.1, 0.15) is 0 Å². The minimum absolute atomic E-state index is 1.13. The molecule has 1 aromatic rings. The molecule has 0 heterocycles. The van der Waals surface area contributed by atoms with Crippen molar-refractivity contribution in [2.24, 2.45) is 0 Å². The third kappa shape index (κ3) is 38.5. The molecule has 0 amide bonds. The summed E-state index contributed by atoms with van der Waals surface area (Å²) in [6.07, 6.45) is 0. The van der Waals surface area contributed by atoms with Gasteiger partial charge in [0.05, 0.1) is 25.7 Å². The van der Waals surface area contributed by atoms with Crippen LogP contribution in [0.25, 0.3) is 0 Å². The Kier molecular flexibility index (Phi) is 29.9. The van der Waals surface area contributed by atoms with Crippen LogP contribution in [0.5, 0.6) is 0 Å². The Labute approximate surface area is 114 Å². The van der Waals surface area contributed by atoms with Crippen molar-refractivity contribution in [2.45, 2.75) is 0 Å². The first-order valence-corrected chi connectivity index (χ1v) is 5.25. The molecular formula is C9H8N3S3Si. The number of thiocarbonyl (C=S) groups is 3. The van der Waals surface area contributed by atoms with Crippen LogP contribution < -0.4 is 5.19 Å². The normalized spacial score (nSPS) is 5.31. The fraction of sp³-hybridized carbons (Fsp3) is 0. The minimum atomic E-state index is 1.13. The molecule has 0 unspecified atom stereocenters. The van der Waals surface area contributed by atoms with E-state index in [1.54, 1.807) is 15.5 Å². The van der Waals surface area contributed by atoms with E-state index in [9.17, 15) is 0 Å². The van der Waals surface area contributed by atoms with Gasteiger partial charge in [0, 0.05) is 0 Å². The number of hydrogen-bond acceptors (Lipinski definition) is 6. The van der Waals surface area contributed by atoms with E-state index in [-0.39, 0.29) is 0 Å². The molecule has 0 spiro atoms. The van der Waals surface area contributed by atoms with E-state index in [1.807, 2.05) is 30.3 Å². The molecular weight excluding hydrogens is 274 g/mol. The quantitative estimate of drug-likeness (QED) is 0.389. The van der Waals surface area contributed by atoms with Gasteiger partial charge in [0.25, 0.3) is 0 Å². The first kappa shape index (κ1) is 20.3. The van der Waals surface area contributed by atoms with Gasteiger partial charge in [-0.15, -0.1) is 0 Å². The van der Waals surface area contributed by atoms with Gasteiger partial charge in [-0.1, -0.05) is 35.5 Å². The van der Waals surface area contributed by atoms with Gasteiger partial charge < -0.3 is 0 Å². The molecule has 3 nitrogen and oxygen atoms in total. The lowest BCUT2D eigenvalue weighted by atomic mass is 10.4. The Balaban J connectivity index is -0.000000161. The monoisotopic (exact) mass is 282 g/mol. The fourth-order valence-corrected chi connectivity index (χ4v) is 0.631. The Morgan fingerprint density at radius 3 is 1.19 bits per heavy atom. The maximum absolute atomic E-state index is 5.77. The zero-order valence-electron chi connectivity index (χ0n) is 8.11. The molecule has 0 bridgehead atoms. The average Bonchev–Trinajstić information content (AvgIpc) is 2.22. The molecule has 0 saturated carbocycles. The summed E-state index contributed by atoms with van der Waals surface area (Å²) >= 11 is 11.4. The molecule has 7 heteroatoms. The summed E-state index contributed by atoms with van der Waals surface area (Å²) < 4.78 is 0. The van der Waals surface area contributed by atoms with Crippen LogP contribution in [0.4, 0.5) is 0 Å². The van der Waals surface area contributed by atoms with Crippen LogP contribution in [0.3, 0.4) is 0 Å². The molecule has 0 fully saturated rings. The van der Waals surface area contributed by atoms with Crippen molar-refractivity contribution in [3.63, 3.8) is 0 Å². The van der Waals surface area contributed by atoms with E-state index < -0.39 is 0 Å². The molecule has 16 heavy (non-hydrogen) atoms. The highest BCUT2D eigenvalue weighted by Crippen LogP contribution is 1.76. The second kappa shape index (κ2) is 23.6. The van der Waals surface area contributed by atoms with Gasteiger partial charge in [-0.05, 0) is 36.7 Å². The first-order chi connectivity index (χ1) is 7.64. The van der Waals surface area contributed by atoms with Crippen molar-refractivity contribution >= 4 is 67.6 Å². The van der Waals surface area contributed by atoms with E-state index in [0.717, 1.165) is 5.19 Å². The predicted octanol–water partition coefficient (Wildman–Crippen LogP) is 2.48. The molecule has 0 saturated heterocycles. The highest BCUT2D eigenvalue weighted by atomic mass is 32.1. The zero-order valence-corrected chi connectivity index (χ0v) is 11.6.